The van der Waals surface area contributed by atoms with Crippen molar-refractivity contribution in [2.24, 2.45) is 0 Å². The van der Waals surface area contributed by atoms with Gasteiger partial charge in [0.25, 0.3) is 0 Å². The minimum atomic E-state index is -0.424. The number of hydrogen-bond donors (Lipinski definition) is 3. The van der Waals surface area contributed by atoms with Crippen molar-refractivity contribution in [2.45, 2.75) is 19.4 Å². The molecule has 2 amide bonds. The van der Waals surface area contributed by atoms with Gasteiger partial charge in [-0.05, 0) is 54.1 Å². The predicted octanol–water partition coefficient (Wildman–Crippen LogP) is 4.64. The van der Waals surface area contributed by atoms with Crippen LogP contribution in [0.25, 0.3) is 0 Å². The fraction of sp³-hybridized carbons (Fsp3) is 0.167. The molecule has 3 N–H and O–H groups in total. The average Bonchev–Trinajstić information content (AvgIpc) is 2.75. The molecule has 0 bridgehead atoms. The molecule has 0 saturated heterocycles. The predicted molar refractivity (Wildman–Crippen MR) is 119 cm³/mol. The summed E-state index contributed by atoms with van der Waals surface area (Å²) in [6, 6.07) is 24.2. The Labute approximate surface area is 176 Å². The van der Waals surface area contributed by atoms with Crippen LogP contribution in [0.1, 0.15) is 24.9 Å². The zero-order valence-electron chi connectivity index (χ0n) is 17.0. The van der Waals surface area contributed by atoms with Crippen molar-refractivity contribution >= 4 is 28.9 Å². The van der Waals surface area contributed by atoms with E-state index in [4.69, 9.17) is 4.74 Å². The number of carbonyl (C=O) groups is 2. The van der Waals surface area contributed by atoms with Gasteiger partial charge in [-0.25, -0.2) is 0 Å². The van der Waals surface area contributed by atoms with Gasteiger partial charge in [-0.1, -0.05) is 30.3 Å². The Bertz CT molecular complexity index is 971. The third-order valence-corrected chi connectivity index (χ3v) is 4.52. The molecular weight excluding hydrogens is 378 g/mol. The van der Waals surface area contributed by atoms with Crippen LogP contribution in [0.3, 0.4) is 0 Å². The molecule has 3 rings (SSSR count). The van der Waals surface area contributed by atoms with E-state index in [2.05, 4.69) is 16.0 Å². The highest BCUT2D eigenvalue weighted by Crippen LogP contribution is 2.22. The van der Waals surface area contributed by atoms with Crippen molar-refractivity contribution in [1.29, 1.82) is 0 Å². The second-order valence-electron chi connectivity index (χ2n) is 6.85. The molecule has 30 heavy (non-hydrogen) atoms. The third-order valence-electron chi connectivity index (χ3n) is 4.52. The molecule has 154 valence electrons. The lowest BCUT2D eigenvalue weighted by atomic mass is 10.0. The number of rotatable bonds is 8. The van der Waals surface area contributed by atoms with Gasteiger partial charge in [-0.2, -0.15) is 0 Å². The molecule has 0 saturated carbocycles. The number of ether oxygens (including phenoxy) is 1. The maximum atomic E-state index is 12.6. The molecule has 6 nitrogen and oxygen atoms in total. The summed E-state index contributed by atoms with van der Waals surface area (Å²) < 4.78 is 5.17. The molecule has 0 heterocycles. The monoisotopic (exact) mass is 403 g/mol. The number of nitrogens with one attached hydrogen (secondary N) is 3. The third kappa shape index (κ3) is 6.10. The Balaban J connectivity index is 1.62. The van der Waals surface area contributed by atoms with Crippen molar-refractivity contribution in [3.63, 3.8) is 0 Å². The molecule has 1 unspecified atom stereocenters. The maximum Gasteiger partial charge on any atom is 0.226 e. The summed E-state index contributed by atoms with van der Waals surface area (Å²) in [6.45, 7) is 1.44. The number of anilines is 3. The van der Waals surface area contributed by atoms with Crippen LogP contribution >= 0.6 is 0 Å². The molecule has 3 aromatic rings. The van der Waals surface area contributed by atoms with E-state index >= 15 is 0 Å². The van der Waals surface area contributed by atoms with Gasteiger partial charge in [0.15, 0.2) is 0 Å². The smallest absolute Gasteiger partial charge is 0.226 e. The highest BCUT2D eigenvalue weighted by molar-refractivity contribution is 5.91. The summed E-state index contributed by atoms with van der Waals surface area (Å²) in [5, 5.41) is 9.02. The zero-order valence-corrected chi connectivity index (χ0v) is 17.0. The summed E-state index contributed by atoms with van der Waals surface area (Å²) in [6.07, 6.45) is 0.121. The van der Waals surface area contributed by atoms with Crippen LogP contribution in [0.5, 0.6) is 5.75 Å². The Morgan fingerprint density at radius 3 is 2.03 bits per heavy atom. The zero-order chi connectivity index (χ0) is 21.3. The van der Waals surface area contributed by atoms with Crippen LogP contribution in [-0.2, 0) is 9.59 Å². The Morgan fingerprint density at radius 2 is 1.43 bits per heavy atom. The number of carbonyl (C=O) groups excluding carboxylic acids is 2. The van der Waals surface area contributed by atoms with Crippen LogP contribution in [-0.4, -0.2) is 18.9 Å². The molecule has 3 aromatic carbocycles. The topological polar surface area (TPSA) is 79.5 Å². The van der Waals surface area contributed by atoms with E-state index < -0.39 is 6.04 Å². The van der Waals surface area contributed by atoms with Gasteiger partial charge >= 0.3 is 0 Å². The minimum Gasteiger partial charge on any atom is -0.497 e. The van der Waals surface area contributed by atoms with Gasteiger partial charge in [-0.3, -0.25) is 9.59 Å². The first-order valence-corrected chi connectivity index (χ1v) is 9.66. The van der Waals surface area contributed by atoms with E-state index in [0.717, 1.165) is 16.9 Å². The lowest BCUT2D eigenvalue weighted by Gasteiger charge is -2.18. The van der Waals surface area contributed by atoms with Crippen LogP contribution in [0, 0.1) is 0 Å². The highest BCUT2D eigenvalue weighted by Gasteiger charge is 2.17. The fourth-order valence-electron chi connectivity index (χ4n) is 3.06. The lowest BCUT2D eigenvalue weighted by Crippen LogP contribution is -2.29. The van der Waals surface area contributed by atoms with Gasteiger partial charge in [0.2, 0.25) is 11.8 Å². The van der Waals surface area contributed by atoms with E-state index in [1.54, 1.807) is 19.2 Å². The first-order chi connectivity index (χ1) is 14.5. The lowest BCUT2D eigenvalue weighted by molar-refractivity contribution is -0.120. The molecule has 0 fully saturated rings. The largest absolute Gasteiger partial charge is 0.497 e. The van der Waals surface area contributed by atoms with E-state index in [1.807, 2.05) is 66.7 Å². The normalized spacial score (nSPS) is 11.3. The standard InChI is InChI=1S/C24H25N3O3/c1-17(28)25-23(18-8-14-22(30-2)15-9-18)16-24(29)27-21-12-10-20(11-13-21)26-19-6-4-3-5-7-19/h3-15,23,26H,16H2,1-2H3,(H,25,28)(H,27,29). The maximum absolute atomic E-state index is 12.6. The fourth-order valence-corrected chi connectivity index (χ4v) is 3.06. The summed E-state index contributed by atoms with van der Waals surface area (Å²) in [5.41, 5.74) is 3.44. The summed E-state index contributed by atoms with van der Waals surface area (Å²) in [4.78, 5) is 24.2. The van der Waals surface area contributed by atoms with Crippen LogP contribution in [0.15, 0.2) is 78.9 Å². The average molecular weight is 403 g/mol. The van der Waals surface area contributed by atoms with Crippen LogP contribution in [0.4, 0.5) is 17.1 Å². The molecule has 6 heteroatoms. The first kappa shape index (κ1) is 20.9. The molecular formula is C24H25N3O3. The second-order valence-corrected chi connectivity index (χ2v) is 6.85. The number of hydrogen-bond acceptors (Lipinski definition) is 4. The highest BCUT2D eigenvalue weighted by atomic mass is 16.5. The van der Waals surface area contributed by atoms with E-state index in [1.165, 1.54) is 6.92 Å². The van der Waals surface area contributed by atoms with Gasteiger partial charge in [-0.15, -0.1) is 0 Å². The number of amides is 2. The van der Waals surface area contributed by atoms with E-state index in [9.17, 15) is 9.59 Å². The van der Waals surface area contributed by atoms with Crippen molar-refractivity contribution in [1.82, 2.24) is 5.32 Å². The molecule has 0 aromatic heterocycles. The molecule has 0 aliphatic heterocycles. The van der Waals surface area contributed by atoms with Gasteiger partial charge in [0, 0.05) is 24.0 Å². The number of para-hydroxylation sites is 1. The van der Waals surface area contributed by atoms with Gasteiger partial charge in [0.1, 0.15) is 5.75 Å². The molecule has 0 radical (unpaired) electrons. The van der Waals surface area contributed by atoms with Crippen LogP contribution < -0.4 is 20.7 Å². The Kier molecular flexibility index (Phi) is 7.05. The Morgan fingerprint density at radius 1 is 0.833 bits per heavy atom. The summed E-state index contributed by atoms with van der Waals surface area (Å²) >= 11 is 0. The Hall–Kier alpha value is -3.80. The second kappa shape index (κ2) is 10.1. The van der Waals surface area contributed by atoms with Crippen molar-refractivity contribution in [2.75, 3.05) is 17.7 Å². The molecule has 0 spiro atoms. The first-order valence-electron chi connectivity index (χ1n) is 9.66. The van der Waals surface area contributed by atoms with Crippen LogP contribution in [0.2, 0.25) is 0 Å². The van der Waals surface area contributed by atoms with E-state index in [0.29, 0.717) is 11.4 Å². The summed E-state index contributed by atoms with van der Waals surface area (Å²) in [7, 11) is 1.59. The summed E-state index contributed by atoms with van der Waals surface area (Å²) in [5.74, 6) is 0.335. The number of methoxy groups -OCH3 is 1. The van der Waals surface area contributed by atoms with E-state index in [-0.39, 0.29) is 18.2 Å². The quantitative estimate of drug-likeness (QED) is 0.512. The number of benzene rings is 3. The van der Waals surface area contributed by atoms with Crippen molar-refractivity contribution in [3.8, 4) is 5.75 Å². The van der Waals surface area contributed by atoms with Crippen molar-refractivity contribution < 1.29 is 14.3 Å². The van der Waals surface area contributed by atoms with Gasteiger partial charge in [0.05, 0.1) is 19.6 Å². The van der Waals surface area contributed by atoms with Gasteiger partial charge < -0.3 is 20.7 Å². The molecule has 0 aliphatic carbocycles. The SMILES string of the molecule is COc1ccc(C(CC(=O)Nc2ccc(Nc3ccccc3)cc2)NC(C)=O)cc1. The van der Waals surface area contributed by atoms with Crippen molar-refractivity contribution in [3.05, 3.63) is 84.4 Å². The molecule has 1 atom stereocenters. The minimum absolute atomic E-state index is 0.121. The molecule has 0 aliphatic rings.